The van der Waals surface area contributed by atoms with Crippen molar-refractivity contribution in [1.29, 1.82) is 5.41 Å². The molecule has 1 fully saturated rings. The molecule has 1 aliphatic rings. The highest BCUT2D eigenvalue weighted by atomic mass is 16.5. The third-order valence-corrected chi connectivity index (χ3v) is 3.53. The SMILES string of the molecule is N=C(N)c1cccc(COC2CCCCCC2)c1. The van der Waals surface area contributed by atoms with E-state index >= 15 is 0 Å². The van der Waals surface area contributed by atoms with E-state index in [9.17, 15) is 0 Å². The van der Waals surface area contributed by atoms with E-state index in [2.05, 4.69) is 0 Å². The number of hydrogen-bond donors (Lipinski definition) is 2. The first-order valence-electron chi connectivity index (χ1n) is 6.80. The van der Waals surface area contributed by atoms with Gasteiger partial charge in [-0.05, 0) is 24.5 Å². The van der Waals surface area contributed by atoms with Crippen LogP contribution in [0.3, 0.4) is 0 Å². The quantitative estimate of drug-likeness (QED) is 0.487. The summed E-state index contributed by atoms with van der Waals surface area (Å²) in [6.45, 7) is 0.631. The van der Waals surface area contributed by atoms with Gasteiger partial charge < -0.3 is 10.5 Å². The standard InChI is InChI=1S/C15H22N2O/c16-15(17)13-7-5-6-12(10-13)11-18-14-8-3-1-2-4-9-14/h5-7,10,14H,1-4,8-9,11H2,(H3,16,17). The molecule has 2 rings (SSSR count). The highest BCUT2D eigenvalue weighted by molar-refractivity contribution is 5.95. The summed E-state index contributed by atoms with van der Waals surface area (Å²) in [5.41, 5.74) is 7.36. The molecule has 1 saturated carbocycles. The zero-order chi connectivity index (χ0) is 12.8. The van der Waals surface area contributed by atoms with Gasteiger partial charge in [-0.25, -0.2) is 0 Å². The number of hydrogen-bond acceptors (Lipinski definition) is 2. The monoisotopic (exact) mass is 246 g/mol. The Hall–Kier alpha value is -1.35. The number of nitrogens with one attached hydrogen (secondary N) is 1. The first-order valence-corrected chi connectivity index (χ1v) is 6.80. The van der Waals surface area contributed by atoms with E-state index in [1.54, 1.807) is 0 Å². The minimum Gasteiger partial charge on any atom is -0.384 e. The Kier molecular flexibility index (Phi) is 4.76. The summed E-state index contributed by atoms with van der Waals surface area (Å²) in [7, 11) is 0. The third kappa shape index (κ3) is 3.84. The molecule has 3 nitrogen and oxygen atoms in total. The lowest BCUT2D eigenvalue weighted by molar-refractivity contribution is 0.0310. The van der Waals surface area contributed by atoms with Crippen LogP contribution in [0.25, 0.3) is 0 Å². The number of nitrogens with two attached hydrogens (primary N) is 1. The Morgan fingerprint density at radius 3 is 2.61 bits per heavy atom. The first kappa shape index (κ1) is 13.1. The average molecular weight is 246 g/mol. The normalized spacial score (nSPS) is 17.3. The Labute approximate surface area is 109 Å². The maximum atomic E-state index is 7.43. The Morgan fingerprint density at radius 1 is 1.22 bits per heavy atom. The largest absolute Gasteiger partial charge is 0.384 e. The van der Waals surface area contributed by atoms with Gasteiger partial charge in [0, 0.05) is 5.56 Å². The number of benzene rings is 1. The molecule has 0 unspecified atom stereocenters. The van der Waals surface area contributed by atoms with Crippen molar-refractivity contribution < 1.29 is 4.74 Å². The molecule has 0 radical (unpaired) electrons. The second-order valence-electron chi connectivity index (χ2n) is 5.04. The van der Waals surface area contributed by atoms with Crippen LogP contribution in [0.1, 0.15) is 49.7 Å². The zero-order valence-electron chi connectivity index (χ0n) is 10.8. The van der Waals surface area contributed by atoms with Gasteiger partial charge in [-0.15, -0.1) is 0 Å². The van der Waals surface area contributed by atoms with E-state index in [1.165, 1.54) is 38.5 Å². The smallest absolute Gasteiger partial charge is 0.122 e. The lowest BCUT2D eigenvalue weighted by Gasteiger charge is -2.15. The molecule has 98 valence electrons. The minimum absolute atomic E-state index is 0.117. The lowest BCUT2D eigenvalue weighted by atomic mass is 10.1. The van der Waals surface area contributed by atoms with Crippen LogP contribution >= 0.6 is 0 Å². The van der Waals surface area contributed by atoms with Gasteiger partial charge in [-0.1, -0.05) is 43.9 Å². The van der Waals surface area contributed by atoms with Crippen LogP contribution < -0.4 is 5.73 Å². The van der Waals surface area contributed by atoms with Crippen LogP contribution in [-0.4, -0.2) is 11.9 Å². The molecule has 0 atom stereocenters. The molecule has 1 aromatic carbocycles. The van der Waals surface area contributed by atoms with Crippen molar-refractivity contribution in [2.24, 2.45) is 5.73 Å². The summed E-state index contributed by atoms with van der Waals surface area (Å²) in [4.78, 5) is 0. The number of nitrogen functional groups attached to an aromatic ring is 1. The molecular formula is C15H22N2O. The van der Waals surface area contributed by atoms with E-state index < -0.39 is 0 Å². The number of amidine groups is 1. The third-order valence-electron chi connectivity index (χ3n) is 3.53. The summed E-state index contributed by atoms with van der Waals surface area (Å²) in [5.74, 6) is 0.117. The molecule has 0 heterocycles. The molecule has 0 aliphatic heterocycles. The van der Waals surface area contributed by atoms with Crippen LogP contribution in [0.5, 0.6) is 0 Å². The molecule has 1 aliphatic carbocycles. The van der Waals surface area contributed by atoms with Crippen LogP contribution in [0, 0.1) is 5.41 Å². The highest BCUT2D eigenvalue weighted by Crippen LogP contribution is 2.21. The van der Waals surface area contributed by atoms with Gasteiger partial charge in [0.2, 0.25) is 0 Å². The van der Waals surface area contributed by atoms with E-state index in [4.69, 9.17) is 15.9 Å². The van der Waals surface area contributed by atoms with Crippen molar-refractivity contribution >= 4 is 5.84 Å². The topological polar surface area (TPSA) is 59.1 Å². The predicted octanol–water partition coefficient (Wildman–Crippen LogP) is 3.21. The molecule has 0 aromatic heterocycles. The van der Waals surface area contributed by atoms with Crippen molar-refractivity contribution in [2.75, 3.05) is 0 Å². The summed E-state index contributed by atoms with van der Waals surface area (Å²) in [5, 5.41) is 7.43. The highest BCUT2D eigenvalue weighted by Gasteiger charge is 2.12. The summed E-state index contributed by atoms with van der Waals surface area (Å²) < 4.78 is 5.97. The second-order valence-corrected chi connectivity index (χ2v) is 5.04. The van der Waals surface area contributed by atoms with Crippen molar-refractivity contribution in [3.8, 4) is 0 Å². The predicted molar refractivity (Wildman–Crippen MR) is 73.7 cm³/mol. The summed E-state index contributed by atoms with van der Waals surface area (Å²) in [6.07, 6.45) is 8.06. The van der Waals surface area contributed by atoms with Gasteiger partial charge >= 0.3 is 0 Å². The van der Waals surface area contributed by atoms with E-state index in [1.807, 2.05) is 24.3 Å². The maximum absolute atomic E-state index is 7.43. The van der Waals surface area contributed by atoms with Gasteiger partial charge in [0.25, 0.3) is 0 Å². The number of rotatable bonds is 4. The van der Waals surface area contributed by atoms with Crippen molar-refractivity contribution in [3.05, 3.63) is 35.4 Å². The molecule has 3 heteroatoms. The van der Waals surface area contributed by atoms with Gasteiger partial charge in [0.1, 0.15) is 5.84 Å². The molecule has 0 bridgehead atoms. The molecule has 18 heavy (non-hydrogen) atoms. The van der Waals surface area contributed by atoms with Gasteiger partial charge in [-0.3, -0.25) is 5.41 Å². The van der Waals surface area contributed by atoms with E-state index in [0.29, 0.717) is 12.7 Å². The first-order chi connectivity index (χ1) is 8.75. The van der Waals surface area contributed by atoms with Gasteiger partial charge in [0.15, 0.2) is 0 Å². The second kappa shape index (κ2) is 6.55. The molecule has 0 spiro atoms. The molecule has 1 aromatic rings. The van der Waals surface area contributed by atoms with Gasteiger partial charge in [0.05, 0.1) is 12.7 Å². The van der Waals surface area contributed by atoms with Crippen molar-refractivity contribution in [2.45, 2.75) is 51.2 Å². The van der Waals surface area contributed by atoms with Crippen LogP contribution in [-0.2, 0) is 11.3 Å². The molecule has 0 saturated heterocycles. The maximum Gasteiger partial charge on any atom is 0.122 e. The summed E-state index contributed by atoms with van der Waals surface area (Å²) >= 11 is 0. The lowest BCUT2D eigenvalue weighted by Crippen LogP contribution is -2.13. The van der Waals surface area contributed by atoms with E-state index in [-0.39, 0.29) is 5.84 Å². The Bertz CT molecular complexity index is 395. The van der Waals surface area contributed by atoms with Crippen LogP contribution in [0.2, 0.25) is 0 Å². The van der Waals surface area contributed by atoms with Gasteiger partial charge in [-0.2, -0.15) is 0 Å². The van der Waals surface area contributed by atoms with Crippen LogP contribution in [0.4, 0.5) is 0 Å². The fourth-order valence-corrected chi connectivity index (χ4v) is 2.45. The average Bonchev–Trinajstić information content (AvgIpc) is 2.65. The summed E-state index contributed by atoms with van der Waals surface area (Å²) in [6, 6.07) is 7.77. The fourth-order valence-electron chi connectivity index (χ4n) is 2.45. The number of ether oxygens (including phenoxy) is 1. The minimum atomic E-state index is 0.117. The molecular weight excluding hydrogens is 224 g/mol. The van der Waals surface area contributed by atoms with Crippen molar-refractivity contribution in [3.63, 3.8) is 0 Å². The molecule has 0 amide bonds. The Morgan fingerprint density at radius 2 is 1.94 bits per heavy atom. The Balaban J connectivity index is 1.88. The van der Waals surface area contributed by atoms with Crippen molar-refractivity contribution in [1.82, 2.24) is 0 Å². The van der Waals surface area contributed by atoms with Crippen LogP contribution in [0.15, 0.2) is 24.3 Å². The van der Waals surface area contributed by atoms with E-state index in [0.717, 1.165) is 11.1 Å². The zero-order valence-corrected chi connectivity index (χ0v) is 10.8. The molecule has 3 N–H and O–H groups in total. The fraction of sp³-hybridized carbons (Fsp3) is 0.533.